The van der Waals surface area contributed by atoms with E-state index in [2.05, 4.69) is 17.6 Å². The molecule has 0 aromatic heterocycles. The van der Waals surface area contributed by atoms with Crippen LogP contribution in [0.2, 0.25) is 0 Å². The standard InChI is InChI=1S/C12H23N3O/c1-12(8-13,10-4-5-10)15-11(16)7-14-6-9-2-3-9/h9-10,14H,2-8,13H2,1H3,(H,15,16). The van der Waals surface area contributed by atoms with E-state index in [1.807, 2.05) is 0 Å². The Hall–Kier alpha value is -0.610. The number of carbonyl (C=O) groups is 1. The van der Waals surface area contributed by atoms with Gasteiger partial charge in [0.1, 0.15) is 0 Å². The first kappa shape index (κ1) is 11.9. The maximum absolute atomic E-state index is 11.7. The molecule has 0 aliphatic heterocycles. The van der Waals surface area contributed by atoms with Crippen molar-refractivity contribution in [3.8, 4) is 0 Å². The van der Waals surface area contributed by atoms with Gasteiger partial charge >= 0.3 is 0 Å². The maximum Gasteiger partial charge on any atom is 0.234 e. The first-order chi connectivity index (χ1) is 7.64. The van der Waals surface area contributed by atoms with Crippen molar-refractivity contribution in [2.45, 2.75) is 38.1 Å². The highest BCUT2D eigenvalue weighted by molar-refractivity contribution is 5.79. The average molecular weight is 225 g/mol. The van der Waals surface area contributed by atoms with Crippen molar-refractivity contribution in [2.75, 3.05) is 19.6 Å². The summed E-state index contributed by atoms with van der Waals surface area (Å²) in [5.41, 5.74) is 5.57. The summed E-state index contributed by atoms with van der Waals surface area (Å²) in [5, 5.41) is 6.27. The zero-order chi connectivity index (χ0) is 11.6. The fraction of sp³-hybridized carbons (Fsp3) is 0.917. The quantitative estimate of drug-likeness (QED) is 0.581. The molecule has 2 rings (SSSR count). The van der Waals surface area contributed by atoms with E-state index in [1.54, 1.807) is 0 Å². The van der Waals surface area contributed by atoms with Crippen molar-refractivity contribution in [3.63, 3.8) is 0 Å². The molecule has 2 saturated carbocycles. The molecule has 0 radical (unpaired) electrons. The molecule has 4 N–H and O–H groups in total. The van der Waals surface area contributed by atoms with Crippen molar-refractivity contribution >= 4 is 5.91 Å². The molecular formula is C12H23N3O. The Morgan fingerprint density at radius 3 is 2.56 bits per heavy atom. The van der Waals surface area contributed by atoms with E-state index in [1.165, 1.54) is 25.7 Å². The minimum absolute atomic E-state index is 0.0838. The predicted octanol–water partition coefficient (Wildman–Crippen LogP) is 0.230. The van der Waals surface area contributed by atoms with Gasteiger partial charge in [-0.05, 0) is 51.0 Å². The third-order valence-electron chi connectivity index (χ3n) is 3.74. The van der Waals surface area contributed by atoms with Crippen LogP contribution in [0.25, 0.3) is 0 Å². The summed E-state index contributed by atoms with van der Waals surface area (Å²) in [6.45, 7) is 4.00. The first-order valence-electron chi connectivity index (χ1n) is 6.36. The number of nitrogens with one attached hydrogen (secondary N) is 2. The van der Waals surface area contributed by atoms with Gasteiger partial charge in [-0.15, -0.1) is 0 Å². The highest BCUT2D eigenvalue weighted by Crippen LogP contribution is 2.38. The number of amides is 1. The Labute approximate surface area is 97.3 Å². The number of hydrogen-bond donors (Lipinski definition) is 3. The third-order valence-corrected chi connectivity index (χ3v) is 3.74. The molecule has 1 unspecified atom stereocenters. The summed E-state index contributed by atoms with van der Waals surface area (Å²) in [5.74, 6) is 1.49. The van der Waals surface area contributed by atoms with E-state index in [0.717, 1.165) is 12.5 Å². The van der Waals surface area contributed by atoms with E-state index in [4.69, 9.17) is 5.73 Å². The molecule has 1 atom stereocenters. The van der Waals surface area contributed by atoms with Crippen LogP contribution in [0.4, 0.5) is 0 Å². The van der Waals surface area contributed by atoms with Gasteiger partial charge in [-0.1, -0.05) is 0 Å². The van der Waals surface area contributed by atoms with Crippen LogP contribution in [0.15, 0.2) is 0 Å². The van der Waals surface area contributed by atoms with Crippen LogP contribution in [0, 0.1) is 11.8 Å². The Kier molecular flexibility index (Phi) is 3.50. The van der Waals surface area contributed by atoms with E-state index in [-0.39, 0.29) is 11.4 Å². The molecule has 92 valence electrons. The second-order valence-corrected chi connectivity index (χ2v) is 5.52. The second-order valence-electron chi connectivity index (χ2n) is 5.52. The lowest BCUT2D eigenvalue weighted by molar-refractivity contribution is -0.122. The zero-order valence-electron chi connectivity index (χ0n) is 10.1. The molecule has 0 aromatic carbocycles. The highest BCUT2D eigenvalue weighted by atomic mass is 16.2. The average Bonchev–Trinajstić information content (AvgIpc) is 3.09. The summed E-state index contributed by atoms with van der Waals surface area (Å²) in [4.78, 5) is 11.7. The predicted molar refractivity (Wildman–Crippen MR) is 63.9 cm³/mol. The van der Waals surface area contributed by atoms with E-state index in [0.29, 0.717) is 19.0 Å². The summed E-state index contributed by atoms with van der Waals surface area (Å²) >= 11 is 0. The Morgan fingerprint density at radius 1 is 1.38 bits per heavy atom. The summed E-state index contributed by atoms with van der Waals surface area (Å²) in [6.07, 6.45) is 5.03. The molecule has 0 bridgehead atoms. The molecule has 1 amide bonds. The molecule has 4 nitrogen and oxygen atoms in total. The summed E-state index contributed by atoms with van der Waals surface area (Å²) in [7, 11) is 0. The molecule has 0 heterocycles. The monoisotopic (exact) mass is 225 g/mol. The Balaban J connectivity index is 1.67. The van der Waals surface area contributed by atoms with Gasteiger partial charge in [0.05, 0.1) is 12.1 Å². The normalized spacial score (nSPS) is 23.9. The van der Waals surface area contributed by atoms with Crippen molar-refractivity contribution in [3.05, 3.63) is 0 Å². The van der Waals surface area contributed by atoms with Gasteiger partial charge in [0.25, 0.3) is 0 Å². The van der Waals surface area contributed by atoms with Crippen molar-refractivity contribution in [2.24, 2.45) is 17.6 Å². The van der Waals surface area contributed by atoms with Gasteiger partial charge in [-0.2, -0.15) is 0 Å². The summed E-state index contributed by atoms with van der Waals surface area (Å²) in [6, 6.07) is 0. The Bertz CT molecular complexity index is 261. The van der Waals surface area contributed by atoms with Gasteiger partial charge in [0.2, 0.25) is 5.91 Å². The fourth-order valence-electron chi connectivity index (χ4n) is 2.11. The van der Waals surface area contributed by atoms with Crippen molar-refractivity contribution in [1.29, 1.82) is 0 Å². The van der Waals surface area contributed by atoms with Crippen LogP contribution in [0.3, 0.4) is 0 Å². The van der Waals surface area contributed by atoms with Gasteiger partial charge in [0.15, 0.2) is 0 Å². The molecule has 0 saturated heterocycles. The number of nitrogens with two attached hydrogens (primary N) is 1. The van der Waals surface area contributed by atoms with E-state index < -0.39 is 0 Å². The molecule has 4 heteroatoms. The number of rotatable bonds is 7. The highest BCUT2D eigenvalue weighted by Gasteiger charge is 2.41. The molecule has 2 fully saturated rings. The molecule has 2 aliphatic rings. The lowest BCUT2D eigenvalue weighted by Gasteiger charge is -2.29. The third kappa shape index (κ3) is 3.19. The zero-order valence-corrected chi connectivity index (χ0v) is 10.1. The SMILES string of the molecule is CC(CN)(NC(=O)CNCC1CC1)C1CC1. The molecule has 2 aliphatic carbocycles. The van der Waals surface area contributed by atoms with Gasteiger partial charge in [-0.3, -0.25) is 4.79 Å². The molecule has 0 aromatic rings. The van der Waals surface area contributed by atoms with Crippen LogP contribution >= 0.6 is 0 Å². The van der Waals surface area contributed by atoms with Crippen molar-refractivity contribution < 1.29 is 4.79 Å². The van der Waals surface area contributed by atoms with Crippen LogP contribution in [-0.4, -0.2) is 31.1 Å². The Morgan fingerprint density at radius 2 is 2.06 bits per heavy atom. The first-order valence-corrected chi connectivity index (χ1v) is 6.36. The largest absolute Gasteiger partial charge is 0.348 e. The molecule has 0 spiro atoms. The smallest absolute Gasteiger partial charge is 0.234 e. The fourth-order valence-corrected chi connectivity index (χ4v) is 2.11. The lowest BCUT2D eigenvalue weighted by atomic mass is 9.96. The topological polar surface area (TPSA) is 67.1 Å². The lowest BCUT2D eigenvalue weighted by Crippen LogP contribution is -2.55. The summed E-state index contributed by atoms with van der Waals surface area (Å²) < 4.78 is 0. The van der Waals surface area contributed by atoms with Gasteiger partial charge in [-0.25, -0.2) is 0 Å². The van der Waals surface area contributed by atoms with Crippen LogP contribution in [0.5, 0.6) is 0 Å². The van der Waals surface area contributed by atoms with Crippen LogP contribution in [0.1, 0.15) is 32.6 Å². The minimum atomic E-state index is -0.182. The van der Waals surface area contributed by atoms with Crippen molar-refractivity contribution in [1.82, 2.24) is 10.6 Å². The second kappa shape index (κ2) is 4.72. The van der Waals surface area contributed by atoms with Crippen LogP contribution in [-0.2, 0) is 4.79 Å². The molecule has 16 heavy (non-hydrogen) atoms. The number of carbonyl (C=O) groups excluding carboxylic acids is 1. The van der Waals surface area contributed by atoms with E-state index >= 15 is 0 Å². The maximum atomic E-state index is 11.7. The number of hydrogen-bond acceptors (Lipinski definition) is 3. The van der Waals surface area contributed by atoms with Gasteiger partial charge < -0.3 is 16.4 Å². The van der Waals surface area contributed by atoms with E-state index in [9.17, 15) is 4.79 Å². The molecular weight excluding hydrogens is 202 g/mol. The van der Waals surface area contributed by atoms with Gasteiger partial charge in [0, 0.05) is 6.54 Å². The minimum Gasteiger partial charge on any atom is -0.348 e. The van der Waals surface area contributed by atoms with Crippen LogP contribution < -0.4 is 16.4 Å².